The Bertz CT molecular complexity index is 373. The largest absolute Gasteiger partial charge is 0.478 e. The predicted molar refractivity (Wildman–Crippen MR) is 61.3 cm³/mol. The van der Waals surface area contributed by atoms with Crippen LogP contribution in [0.1, 0.15) is 23.2 Å². The molecule has 0 spiro atoms. The second-order valence-electron chi connectivity index (χ2n) is 3.99. The third kappa shape index (κ3) is 2.73. The highest BCUT2D eigenvalue weighted by molar-refractivity contribution is 5.93. The average molecular weight is 220 g/mol. The van der Waals surface area contributed by atoms with E-state index < -0.39 is 5.91 Å². The fraction of sp³-hybridized carbons (Fsp3) is 0.417. The van der Waals surface area contributed by atoms with E-state index in [1.807, 2.05) is 6.07 Å². The van der Waals surface area contributed by atoms with Gasteiger partial charge in [-0.2, -0.15) is 0 Å². The number of nitrogens with zero attached hydrogens (tertiary/aromatic N) is 1. The summed E-state index contributed by atoms with van der Waals surface area (Å²) in [4.78, 5) is 13.2. The second kappa shape index (κ2) is 4.99. The van der Waals surface area contributed by atoms with E-state index in [0.29, 0.717) is 18.0 Å². The van der Waals surface area contributed by atoms with Gasteiger partial charge in [0, 0.05) is 18.7 Å². The molecule has 1 aliphatic heterocycles. The average Bonchev–Trinajstić information content (AvgIpc) is 2.79. The molecule has 1 aliphatic rings. The topological polar surface area (TPSA) is 55.6 Å². The summed E-state index contributed by atoms with van der Waals surface area (Å²) in [5.74, 6) is 0.273. The Hall–Kier alpha value is -1.55. The molecule has 0 unspecified atom stereocenters. The summed E-state index contributed by atoms with van der Waals surface area (Å²) in [6.45, 7) is 2.77. The van der Waals surface area contributed by atoms with Crippen molar-refractivity contribution in [3.63, 3.8) is 0 Å². The number of benzene rings is 1. The first kappa shape index (κ1) is 11.0. The van der Waals surface area contributed by atoms with Gasteiger partial charge < -0.3 is 10.5 Å². The summed E-state index contributed by atoms with van der Waals surface area (Å²) in [6, 6.07) is 6.98. The van der Waals surface area contributed by atoms with E-state index in [2.05, 4.69) is 4.90 Å². The van der Waals surface area contributed by atoms with E-state index in [9.17, 15) is 4.79 Å². The summed E-state index contributed by atoms with van der Waals surface area (Å²) in [7, 11) is 0. The number of hydrogen-bond acceptors (Lipinski definition) is 3. The Morgan fingerprint density at radius 2 is 2.12 bits per heavy atom. The number of carbonyl (C=O) groups excluding carboxylic acids is 1. The van der Waals surface area contributed by atoms with Gasteiger partial charge in [0.05, 0.1) is 0 Å². The summed E-state index contributed by atoms with van der Waals surface area (Å²) >= 11 is 0. The molecular formula is C12H16N2O2. The lowest BCUT2D eigenvalue weighted by molar-refractivity contribution is 0.0999. The van der Waals surface area contributed by atoms with E-state index in [1.54, 1.807) is 18.2 Å². The van der Waals surface area contributed by atoms with Crippen LogP contribution in [0.15, 0.2) is 24.3 Å². The maximum atomic E-state index is 11.0. The molecule has 0 aliphatic carbocycles. The van der Waals surface area contributed by atoms with Crippen LogP contribution in [0.3, 0.4) is 0 Å². The van der Waals surface area contributed by atoms with E-state index in [1.165, 1.54) is 12.8 Å². The van der Waals surface area contributed by atoms with Crippen molar-refractivity contribution in [2.75, 3.05) is 19.8 Å². The quantitative estimate of drug-likeness (QED) is 0.830. The molecule has 1 heterocycles. The number of carbonyl (C=O) groups is 1. The first-order valence-electron chi connectivity index (χ1n) is 5.51. The number of likely N-dealkylation sites (tertiary alicyclic amines) is 1. The molecule has 0 atom stereocenters. The Labute approximate surface area is 95.0 Å². The smallest absolute Gasteiger partial charge is 0.248 e. The number of hydrogen-bond donors (Lipinski definition) is 1. The van der Waals surface area contributed by atoms with Crippen LogP contribution in [0.25, 0.3) is 0 Å². The van der Waals surface area contributed by atoms with Gasteiger partial charge >= 0.3 is 0 Å². The number of ether oxygens (including phenoxy) is 1. The van der Waals surface area contributed by atoms with Crippen LogP contribution in [0, 0.1) is 0 Å². The van der Waals surface area contributed by atoms with Crippen LogP contribution in [-0.4, -0.2) is 30.6 Å². The van der Waals surface area contributed by atoms with Gasteiger partial charge in [0.25, 0.3) is 0 Å². The first-order chi connectivity index (χ1) is 7.75. The zero-order valence-corrected chi connectivity index (χ0v) is 9.19. The van der Waals surface area contributed by atoms with Crippen LogP contribution in [0.5, 0.6) is 5.75 Å². The molecule has 0 saturated carbocycles. The molecule has 2 N–H and O–H groups in total. The van der Waals surface area contributed by atoms with Gasteiger partial charge in [-0.05, 0) is 31.0 Å². The molecule has 4 heteroatoms. The predicted octanol–water partition coefficient (Wildman–Crippen LogP) is 1.22. The van der Waals surface area contributed by atoms with Gasteiger partial charge in [-0.3, -0.25) is 9.69 Å². The van der Waals surface area contributed by atoms with Crippen molar-refractivity contribution in [3.8, 4) is 5.75 Å². The van der Waals surface area contributed by atoms with Gasteiger partial charge in [-0.15, -0.1) is 0 Å². The Morgan fingerprint density at radius 1 is 1.38 bits per heavy atom. The van der Waals surface area contributed by atoms with Crippen LogP contribution in [0.2, 0.25) is 0 Å². The molecule has 1 amide bonds. The lowest BCUT2D eigenvalue weighted by Gasteiger charge is -2.15. The van der Waals surface area contributed by atoms with Crippen molar-refractivity contribution in [3.05, 3.63) is 29.8 Å². The van der Waals surface area contributed by atoms with Crippen LogP contribution >= 0.6 is 0 Å². The zero-order chi connectivity index (χ0) is 11.4. The van der Waals surface area contributed by atoms with E-state index in [0.717, 1.165) is 13.1 Å². The van der Waals surface area contributed by atoms with Crippen molar-refractivity contribution >= 4 is 5.91 Å². The molecule has 4 nitrogen and oxygen atoms in total. The standard InChI is InChI=1S/C12H16N2O2/c13-12(15)10-4-3-5-11(8-10)16-9-14-6-1-2-7-14/h3-5,8H,1-2,6-7,9H2,(H2,13,15). The molecule has 1 aromatic rings. The molecule has 0 radical (unpaired) electrons. The van der Waals surface area contributed by atoms with E-state index >= 15 is 0 Å². The van der Waals surface area contributed by atoms with E-state index in [4.69, 9.17) is 10.5 Å². The maximum absolute atomic E-state index is 11.0. The molecule has 2 rings (SSSR count). The summed E-state index contributed by atoms with van der Waals surface area (Å²) in [6.07, 6.45) is 2.48. The van der Waals surface area contributed by atoms with Crippen LogP contribution in [0.4, 0.5) is 0 Å². The number of primary amides is 1. The minimum absolute atomic E-state index is 0.424. The summed E-state index contributed by atoms with van der Waals surface area (Å²) < 4.78 is 5.60. The third-order valence-electron chi connectivity index (χ3n) is 2.73. The van der Waals surface area contributed by atoms with E-state index in [-0.39, 0.29) is 0 Å². The van der Waals surface area contributed by atoms with Crippen molar-refractivity contribution in [1.82, 2.24) is 4.90 Å². The van der Waals surface area contributed by atoms with Gasteiger partial charge in [-0.1, -0.05) is 6.07 Å². The minimum atomic E-state index is -0.424. The van der Waals surface area contributed by atoms with Gasteiger partial charge in [-0.25, -0.2) is 0 Å². The fourth-order valence-corrected chi connectivity index (χ4v) is 1.82. The Kier molecular flexibility index (Phi) is 3.41. The molecule has 0 bridgehead atoms. The molecular weight excluding hydrogens is 204 g/mol. The lowest BCUT2D eigenvalue weighted by atomic mass is 10.2. The van der Waals surface area contributed by atoms with Crippen molar-refractivity contribution in [1.29, 1.82) is 0 Å². The highest BCUT2D eigenvalue weighted by atomic mass is 16.5. The number of nitrogens with two attached hydrogens (primary N) is 1. The van der Waals surface area contributed by atoms with Crippen LogP contribution in [-0.2, 0) is 0 Å². The number of rotatable bonds is 4. The fourth-order valence-electron chi connectivity index (χ4n) is 1.82. The van der Waals surface area contributed by atoms with Gasteiger partial charge in [0.2, 0.25) is 5.91 Å². The SMILES string of the molecule is NC(=O)c1cccc(OCN2CCCC2)c1. The molecule has 1 fully saturated rings. The summed E-state index contributed by atoms with van der Waals surface area (Å²) in [5.41, 5.74) is 5.68. The molecule has 1 aromatic carbocycles. The lowest BCUT2D eigenvalue weighted by Crippen LogP contribution is -2.24. The Balaban J connectivity index is 1.93. The molecule has 16 heavy (non-hydrogen) atoms. The van der Waals surface area contributed by atoms with Crippen molar-refractivity contribution < 1.29 is 9.53 Å². The molecule has 86 valence electrons. The first-order valence-corrected chi connectivity index (χ1v) is 5.51. The van der Waals surface area contributed by atoms with Crippen LogP contribution < -0.4 is 10.5 Å². The normalized spacial score (nSPS) is 16.2. The summed E-state index contributed by atoms with van der Waals surface area (Å²) in [5, 5.41) is 0. The van der Waals surface area contributed by atoms with Gasteiger partial charge in [0.1, 0.15) is 12.5 Å². The zero-order valence-electron chi connectivity index (χ0n) is 9.19. The molecule has 0 aromatic heterocycles. The van der Waals surface area contributed by atoms with Crippen molar-refractivity contribution in [2.45, 2.75) is 12.8 Å². The highest BCUT2D eigenvalue weighted by Gasteiger charge is 2.11. The molecule has 1 saturated heterocycles. The third-order valence-corrected chi connectivity index (χ3v) is 2.73. The monoisotopic (exact) mass is 220 g/mol. The second-order valence-corrected chi connectivity index (χ2v) is 3.99. The number of amides is 1. The highest BCUT2D eigenvalue weighted by Crippen LogP contribution is 2.14. The maximum Gasteiger partial charge on any atom is 0.248 e. The van der Waals surface area contributed by atoms with Crippen molar-refractivity contribution in [2.24, 2.45) is 5.73 Å². The minimum Gasteiger partial charge on any atom is -0.478 e. The van der Waals surface area contributed by atoms with Gasteiger partial charge in [0.15, 0.2) is 0 Å². The Morgan fingerprint density at radius 3 is 2.81 bits per heavy atom.